The van der Waals surface area contributed by atoms with Crippen LogP contribution in [0.2, 0.25) is 0 Å². The van der Waals surface area contributed by atoms with Gasteiger partial charge in [0.05, 0.1) is 0 Å². The van der Waals surface area contributed by atoms with Gasteiger partial charge in [0, 0.05) is 19.3 Å². The molecule has 0 aromatic rings. The summed E-state index contributed by atoms with van der Waals surface area (Å²) in [5.74, 6) is -0.906. The summed E-state index contributed by atoms with van der Waals surface area (Å²) < 4.78 is 16.8. The third-order valence-corrected chi connectivity index (χ3v) is 12.3. The standard InChI is InChI=1S/C63H108O6/c1-4-7-10-13-16-19-22-24-26-28-30-31-32-33-34-36-37-39-41-44-47-50-53-56-62(65)68-59-60(58-67-61(64)55-52-49-46-43-21-18-15-12-9-6-3)69-63(66)57-54-51-48-45-42-40-38-35-29-27-25-23-20-17-14-11-8-5-2/h7,10,12,15-16,19,24,26-27,29-31,33-34,60H,4-6,8-9,11,13-14,17-18,20-23,25,28,32,35-59H2,1-3H3/b10-7-,15-12-,19-16-,26-24-,29-27-,31-30-,34-33-. The molecule has 0 rings (SSSR count). The fourth-order valence-corrected chi connectivity index (χ4v) is 8.00. The number of ether oxygens (including phenoxy) is 3. The lowest BCUT2D eigenvalue weighted by atomic mass is 10.1. The molecule has 0 radical (unpaired) electrons. The molecule has 0 bridgehead atoms. The normalized spacial score (nSPS) is 12.7. The Hall–Kier alpha value is -3.41. The summed E-state index contributed by atoms with van der Waals surface area (Å²) in [6.07, 6.45) is 74.4. The first-order chi connectivity index (χ1) is 34.0. The summed E-state index contributed by atoms with van der Waals surface area (Å²) in [5, 5.41) is 0. The highest BCUT2D eigenvalue weighted by molar-refractivity contribution is 5.71. The molecule has 1 unspecified atom stereocenters. The van der Waals surface area contributed by atoms with Crippen molar-refractivity contribution in [1.29, 1.82) is 0 Å². The van der Waals surface area contributed by atoms with Gasteiger partial charge in [-0.15, -0.1) is 0 Å². The van der Waals surface area contributed by atoms with E-state index in [0.717, 1.165) is 109 Å². The maximum atomic E-state index is 12.8. The van der Waals surface area contributed by atoms with E-state index < -0.39 is 6.10 Å². The zero-order valence-corrected chi connectivity index (χ0v) is 45.3. The van der Waals surface area contributed by atoms with E-state index in [0.29, 0.717) is 19.3 Å². The third kappa shape index (κ3) is 55.4. The van der Waals surface area contributed by atoms with Crippen LogP contribution in [-0.4, -0.2) is 37.2 Å². The molecule has 0 aromatic heterocycles. The Morgan fingerprint density at radius 2 is 0.594 bits per heavy atom. The minimum Gasteiger partial charge on any atom is -0.462 e. The Kier molecular flexibility index (Phi) is 54.3. The van der Waals surface area contributed by atoms with E-state index in [-0.39, 0.29) is 31.1 Å². The Bertz CT molecular complexity index is 1330. The Labute approximate surface area is 426 Å². The average molecular weight is 962 g/mol. The molecule has 6 nitrogen and oxygen atoms in total. The van der Waals surface area contributed by atoms with Gasteiger partial charge in [0.2, 0.25) is 0 Å². The molecule has 1 atom stereocenters. The van der Waals surface area contributed by atoms with Gasteiger partial charge in [0.25, 0.3) is 0 Å². The van der Waals surface area contributed by atoms with Gasteiger partial charge in [-0.2, -0.15) is 0 Å². The number of hydrogen-bond acceptors (Lipinski definition) is 6. The molecule has 0 aliphatic heterocycles. The maximum absolute atomic E-state index is 12.8. The lowest BCUT2D eigenvalue weighted by Crippen LogP contribution is -2.30. The second-order valence-electron chi connectivity index (χ2n) is 19.2. The van der Waals surface area contributed by atoms with E-state index >= 15 is 0 Å². The first kappa shape index (κ1) is 65.6. The lowest BCUT2D eigenvalue weighted by Gasteiger charge is -2.18. The third-order valence-electron chi connectivity index (χ3n) is 12.3. The van der Waals surface area contributed by atoms with Gasteiger partial charge in [0.15, 0.2) is 6.10 Å². The van der Waals surface area contributed by atoms with Crippen molar-refractivity contribution < 1.29 is 28.6 Å². The zero-order valence-electron chi connectivity index (χ0n) is 45.3. The molecule has 0 aliphatic carbocycles. The van der Waals surface area contributed by atoms with Crippen molar-refractivity contribution in [3.63, 3.8) is 0 Å². The van der Waals surface area contributed by atoms with Crippen LogP contribution >= 0.6 is 0 Å². The molecule has 0 heterocycles. The summed E-state index contributed by atoms with van der Waals surface area (Å²) in [4.78, 5) is 38.1. The van der Waals surface area contributed by atoms with Crippen LogP contribution in [-0.2, 0) is 28.6 Å². The number of hydrogen-bond donors (Lipinski definition) is 0. The molecule has 0 fully saturated rings. The van der Waals surface area contributed by atoms with Crippen LogP contribution in [0.5, 0.6) is 0 Å². The van der Waals surface area contributed by atoms with Crippen molar-refractivity contribution in [2.75, 3.05) is 13.2 Å². The van der Waals surface area contributed by atoms with Crippen molar-refractivity contribution in [2.45, 2.75) is 284 Å². The van der Waals surface area contributed by atoms with Gasteiger partial charge in [-0.3, -0.25) is 14.4 Å². The first-order valence-electron chi connectivity index (χ1n) is 29.1. The van der Waals surface area contributed by atoms with Crippen LogP contribution < -0.4 is 0 Å². The Balaban J connectivity index is 4.32. The maximum Gasteiger partial charge on any atom is 0.306 e. The molecular weight excluding hydrogens is 853 g/mol. The van der Waals surface area contributed by atoms with Crippen LogP contribution in [0, 0.1) is 0 Å². The van der Waals surface area contributed by atoms with Gasteiger partial charge < -0.3 is 14.2 Å². The largest absolute Gasteiger partial charge is 0.462 e. The molecule has 396 valence electrons. The predicted octanol–water partition coefficient (Wildman–Crippen LogP) is 19.5. The van der Waals surface area contributed by atoms with E-state index in [9.17, 15) is 14.4 Å². The van der Waals surface area contributed by atoms with Gasteiger partial charge in [0.1, 0.15) is 13.2 Å². The SMILES string of the molecule is CC/C=C\C/C=C\C/C=C\C/C=C\C/C=C\CCCCCCCCCC(=O)OCC(COC(=O)CCCCCCC/C=C\CCC)OC(=O)CCCCCCCCC/C=C\CCCCCCCCC. The molecule has 0 saturated carbocycles. The second-order valence-corrected chi connectivity index (χ2v) is 19.2. The number of allylic oxidation sites excluding steroid dienone is 14. The van der Waals surface area contributed by atoms with Crippen molar-refractivity contribution in [1.82, 2.24) is 0 Å². The van der Waals surface area contributed by atoms with Gasteiger partial charge in [-0.05, 0) is 109 Å². The topological polar surface area (TPSA) is 78.9 Å². The molecule has 0 aromatic carbocycles. The summed E-state index contributed by atoms with van der Waals surface area (Å²) >= 11 is 0. The summed E-state index contributed by atoms with van der Waals surface area (Å²) in [6.45, 7) is 6.46. The Morgan fingerprint density at radius 3 is 0.957 bits per heavy atom. The van der Waals surface area contributed by atoms with Crippen LogP contribution in [0.1, 0.15) is 278 Å². The van der Waals surface area contributed by atoms with Crippen molar-refractivity contribution in [3.05, 3.63) is 85.1 Å². The molecule has 0 saturated heterocycles. The smallest absolute Gasteiger partial charge is 0.306 e. The van der Waals surface area contributed by atoms with E-state index in [4.69, 9.17) is 14.2 Å². The minimum absolute atomic E-state index is 0.0860. The number of rotatable bonds is 52. The minimum atomic E-state index is -0.787. The quantitative estimate of drug-likeness (QED) is 0.0262. The van der Waals surface area contributed by atoms with Crippen LogP contribution in [0.15, 0.2) is 85.1 Å². The number of carbonyl (C=O) groups excluding carboxylic acids is 3. The highest BCUT2D eigenvalue weighted by Crippen LogP contribution is 2.15. The molecule has 0 amide bonds. The lowest BCUT2D eigenvalue weighted by molar-refractivity contribution is -0.167. The van der Waals surface area contributed by atoms with E-state index in [2.05, 4.69) is 106 Å². The molecule has 69 heavy (non-hydrogen) atoms. The molecule has 6 heteroatoms. The van der Waals surface area contributed by atoms with Crippen LogP contribution in [0.25, 0.3) is 0 Å². The number of carbonyl (C=O) groups is 3. The fraction of sp³-hybridized carbons (Fsp3) is 0.730. The highest BCUT2D eigenvalue weighted by Gasteiger charge is 2.19. The molecular formula is C63H108O6. The second kappa shape index (κ2) is 57.2. The van der Waals surface area contributed by atoms with E-state index in [1.165, 1.54) is 128 Å². The highest BCUT2D eigenvalue weighted by atomic mass is 16.6. The predicted molar refractivity (Wildman–Crippen MR) is 297 cm³/mol. The summed E-state index contributed by atoms with van der Waals surface area (Å²) in [7, 11) is 0. The van der Waals surface area contributed by atoms with Crippen molar-refractivity contribution in [2.24, 2.45) is 0 Å². The van der Waals surface area contributed by atoms with Crippen molar-refractivity contribution in [3.8, 4) is 0 Å². The number of esters is 3. The average Bonchev–Trinajstić information content (AvgIpc) is 3.35. The van der Waals surface area contributed by atoms with Gasteiger partial charge >= 0.3 is 17.9 Å². The van der Waals surface area contributed by atoms with Gasteiger partial charge in [-0.25, -0.2) is 0 Å². The molecule has 0 aliphatic rings. The Morgan fingerprint density at radius 1 is 0.304 bits per heavy atom. The summed E-state index contributed by atoms with van der Waals surface area (Å²) in [5.41, 5.74) is 0. The summed E-state index contributed by atoms with van der Waals surface area (Å²) in [6, 6.07) is 0. The van der Waals surface area contributed by atoms with Crippen molar-refractivity contribution >= 4 is 17.9 Å². The van der Waals surface area contributed by atoms with Crippen LogP contribution in [0.3, 0.4) is 0 Å². The van der Waals surface area contributed by atoms with E-state index in [1.54, 1.807) is 0 Å². The number of unbranched alkanes of at least 4 members (excludes halogenated alkanes) is 27. The molecule has 0 spiro atoms. The monoisotopic (exact) mass is 961 g/mol. The zero-order chi connectivity index (χ0) is 50.0. The van der Waals surface area contributed by atoms with E-state index in [1.807, 2.05) is 0 Å². The first-order valence-corrected chi connectivity index (χ1v) is 29.1. The fourth-order valence-electron chi connectivity index (χ4n) is 8.00. The molecule has 0 N–H and O–H groups in total. The van der Waals surface area contributed by atoms with Crippen LogP contribution in [0.4, 0.5) is 0 Å². The van der Waals surface area contributed by atoms with Gasteiger partial charge in [-0.1, -0.05) is 234 Å².